The molecule has 0 saturated carbocycles. The first-order chi connectivity index (χ1) is 10.7. The third-order valence-electron chi connectivity index (χ3n) is 3.09. The SMILES string of the molecule is COc1cc(F)c(S(=O)(=O)NC(=O)c2c(C)coc2C)c(F)c1. The average Bonchev–Trinajstić information content (AvgIpc) is 2.76. The van der Waals surface area contributed by atoms with Gasteiger partial charge in [-0.1, -0.05) is 0 Å². The molecule has 2 aromatic rings. The highest BCUT2D eigenvalue weighted by Gasteiger charge is 2.29. The Morgan fingerprint density at radius 1 is 1.22 bits per heavy atom. The van der Waals surface area contributed by atoms with Crippen LogP contribution in [0.15, 0.2) is 27.7 Å². The Labute approximate surface area is 131 Å². The molecule has 0 atom stereocenters. The van der Waals surface area contributed by atoms with Crippen LogP contribution in [0.4, 0.5) is 8.78 Å². The minimum absolute atomic E-state index is 0.0112. The number of halogens is 2. The first-order valence-corrected chi connectivity index (χ1v) is 7.80. The fraction of sp³-hybridized carbons (Fsp3) is 0.214. The van der Waals surface area contributed by atoms with Crippen molar-refractivity contribution in [2.75, 3.05) is 7.11 Å². The van der Waals surface area contributed by atoms with Gasteiger partial charge in [0.05, 0.1) is 18.9 Å². The maximum Gasteiger partial charge on any atom is 0.270 e. The number of carbonyl (C=O) groups excluding carboxylic acids is 1. The fourth-order valence-electron chi connectivity index (χ4n) is 2.05. The van der Waals surface area contributed by atoms with Crippen molar-refractivity contribution in [3.05, 3.63) is 46.9 Å². The average molecular weight is 345 g/mol. The summed E-state index contributed by atoms with van der Waals surface area (Å²) in [5.41, 5.74) is 0.383. The lowest BCUT2D eigenvalue weighted by Gasteiger charge is -2.10. The van der Waals surface area contributed by atoms with E-state index in [4.69, 9.17) is 4.42 Å². The quantitative estimate of drug-likeness (QED) is 0.919. The molecule has 0 aliphatic carbocycles. The topological polar surface area (TPSA) is 85.6 Å². The number of carbonyl (C=O) groups is 1. The second-order valence-electron chi connectivity index (χ2n) is 4.70. The van der Waals surface area contributed by atoms with E-state index in [-0.39, 0.29) is 17.1 Å². The molecule has 6 nitrogen and oxygen atoms in total. The lowest BCUT2D eigenvalue weighted by atomic mass is 10.2. The number of methoxy groups -OCH3 is 1. The number of ether oxygens (including phenoxy) is 1. The predicted octanol–water partition coefficient (Wildman–Crippen LogP) is 2.30. The van der Waals surface area contributed by atoms with Crippen molar-refractivity contribution in [3.63, 3.8) is 0 Å². The zero-order chi connectivity index (χ0) is 17.4. The van der Waals surface area contributed by atoms with Gasteiger partial charge in [0.1, 0.15) is 23.1 Å². The molecule has 1 aromatic heterocycles. The summed E-state index contributed by atoms with van der Waals surface area (Å²) in [6.45, 7) is 3.00. The van der Waals surface area contributed by atoms with Crippen molar-refractivity contribution >= 4 is 15.9 Å². The zero-order valence-corrected chi connectivity index (χ0v) is 13.3. The van der Waals surface area contributed by atoms with Crippen molar-refractivity contribution in [3.8, 4) is 5.75 Å². The molecule has 0 spiro atoms. The lowest BCUT2D eigenvalue weighted by molar-refractivity contribution is 0.0979. The number of benzene rings is 1. The molecular formula is C14H13F2NO5S. The first kappa shape index (κ1) is 16.9. The van der Waals surface area contributed by atoms with Gasteiger partial charge in [-0.3, -0.25) is 4.79 Å². The van der Waals surface area contributed by atoms with E-state index < -0.39 is 32.5 Å². The van der Waals surface area contributed by atoms with Crippen molar-refractivity contribution < 1.29 is 31.1 Å². The summed E-state index contributed by atoms with van der Waals surface area (Å²) < 4.78 is 63.3. The maximum atomic E-state index is 13.9. The number of amides is 1. The minimum atomic E-state index is -4.75. The third-order valence-corrected chi connectivity index (χ3v) is 4.47. The van der Waals surface area contributed by atoms with Crippen LogP contribution in [0.5, 0.6) is 5.75 Å². The summed E-state index contributed by atoms with van der Waals surface area (Å²) in [7, 11) is -3.58. The summed E-state index contributed by atoms with van der Waals surface area (Å²) in [4.78, 5) is 10.8. The summed E-state index contributed by atoms with van der Waals surface area (Å²) in [6.07, 6.45) is 1.27. The second kappa shape index (κ2) is 5.99. The van der Waals surface area contributed by atoms with Gasteiger partial charge in [0, 0.05) is 17.7 Å². The number of sulfonamides is 1. The molecule has 1 N–H and O–H groups in total. The smallest absolute Gasteiger partial charge is 0.270 e. The van der Waals surface area contributed by atoms with Crippen molar-refractivity contribution in [1.82, 2.24) is 4.72 Å². The van der Waals surface area contributed by atoms with Crippen LogP contribution in [0.1, 0.15) is 21.7 Å². The zero-order valence-electron chi connectivity index (χ0n) is 12.4. The molecule has 1 amide bonds. The van der Waals surface area contributed by atoms with E-state index in [1.165, 1.54) is 27.2 Å². The second-order valence-corrected chi connectivity index (χ2v) is 6.32. The van der Waals surface area contributed by atoms with E-state index in [9.17, 15) is 22.0 Å². The van der Waals surface area contributed by atoms with E-state index in [0.29, 0.717) is 17.7 Å². The Bertz CT molecular complexity index is 831. The van der Waals surface area contributed by atoms with Crippen molar-refractivity contribution in [2.45, 2.75) is 18.7 Å². The van der Waals surface area contributed by atoms with Crippen LogP contribution in [0.25, 0.3) is 0 Å². The van der Waals surface area contributed by atoms with Gasteiger partial charge in [0.25, 0.3) is 15.9 Å². The van der Waals surface area contributed by atoms with Gasteiger partial charge in [-0.15, -0.1) is 0 Å². The predicted molar refractivity (Wildman–Crippen MR) is 75.7 cm³/mol. The molecule has 0 fully saturated rings. The molecule has 1 heterocycles. The Kier molecular flexibility index (Phi) is 4.42. The number of aryl methyl sites for hydroxylation is 2. The molecule has 0 unspecified atom stereocenters. The number of hydrogen-bond acceptors (Lipinski definition) is 5. The summed E-state index contributed by atoms with van der Waals surface area (Å²) in [6, 6.07) is 1.41. The maximum absolute atomic E-state index is 13.9. The van der Waals surface area contributed by atoms with Gasteiger partial charge in [0.15, 0.2) is 4.90 Å². The number of nitrogens with one attached hydrogen (secondary N) is 1. The molecular weight excluding hydrogens is 332 g/mol. The molecule has 0 saturated heterocycles. The Morgan fingerprint density at radius 2 is 1.78 bits per heavy atom. The van der Waals surface area contributed by atoms with Gasteiger partial charge in [-0.2, -0.15) is 0 Å². The normalized spacial score (nSPS) is 11.3. The number of furan rings is 1. The highest BCUT2D eigenvalue weighted by atomic mass is 32.2. The first-order valence-electron chi connectivity index (χ1n) is 6.32. The van der Waals surface area contributed by atoms with Gasteiger partial charge < -0.3 is 9.15 Å². The summed E-state index contributed by atoms with van der Waals surface area (Å²) in [5.74, 6) is -3.79. The molecule has 0 aliphatic heterocycles. The Morgan fingerprint density at radius 3 is 2.22 bits per heavy atom. The number of hydrogen-bond donors (Lipinski definition) is 1. The van der Waals surface area contributed by atoms with Gasteiger partial charge in [-0.05, 0) is 13.8 Å². The van der Waals surface area contributed by atoms with Crippen LogP contribution in [0, 0.1) is 25.5 Å². The van der Waals surface area contributed by atoms with E-state index in [2.05, 4.69) is 4.74 Å². The molecule has 0 radical (unpaired) electrons. The third kappa shape index (κ3) is 3.19. The van der Waals surface area contributed by atoms with E-state index in [0.717, 1.165) is 0 Å². The van der Waals surface area contributed by atoms with Gasteiger partial charge in [0.2, 0.25) is 0 Å². The largest absolute Gasteiger partial charge is 0.497 e. The van der Waals surface area contributed by atoms with Crippen LogP contribution in [0.2, 0.25) is 0 Å². The number of rotatable bonds is 4. The molecule has 9 heteroatoms. The minimum Gasteiger partial charge on any atom is -0.497 e. The molecule has 124 valence electrons. The van der Waals surface area contributed by atoms with Gasteiger partial charge >= 0.3 is 0 Å². The van der Waals surface area contributed by atoms with Crippen LogP contribution in [-0.4, -0.2) is 21.4 Å². The molecule has 0 aliphatic rings. The highest BCUT2D eigenvalue weighted by Crippen LogP contribution is 2.25. The monoisotopic (exact) mass is 345 g/mol. The highest BCUT2D eigenvalue weighted by molar-refractivity contribution is 7.90. The van der Waals surface area contributed by atoms with Crippen LogP contribution < -0.4 is 9.46 Å². The fourth-order valence-corrected chi connectivity index (χ4v) is 3.13. The van der Waals surface area contributed by atoms with Crippen LogP contribution in [-0.2, 0) is 10.0 Å². The molecule has 0 bridgehead atoms. The molecule has 2 rings (SSSR count). The van der Waals surface area contributed by atoms with E-state index >= 15 is 0 Å². The van der Waals surface area contributed by atoms with E-state index in [1.54, 1.807) is 4.72 Å². The lowest BCUT2D eigenvalue weighted by Crippen LogP contribution is -2.32. The standard InChI is InChI=1S/C14H13F2NO5S/c1-7-6-22-8(2)12(7)14(18)17-23(19,20)13-10(15)4-9(21-3)5-11(13)16/h4-6H,1-3H3,(H,17,18). The Balaban J connectivity index is 2.42. The van der Waals surface area contributed by atoms with Crippen molar-refractivity contribution in [2.24, 2.45) is 0 Å². The van der Waals surface area contributed by atoms with Crippen LogP contribution in [0.3, 0.4) is 0 Å². The molecule has 23 heavy (non-hydrogen) atoms. The van der Waals surface area contributed by atoms with E-state index in [1.807, 2.05) is 0 Å². The van der Waals surface area contributed by atoms with Crippen LogP contribution >= 0.6 is 0 Å². The van der Waals surface area contributed by atoms with Crippen molar-refractivity contribution in [1.29, 1.82) is 0 Å². The van der Waals surface area contributed by atoms with Gasteiger partial charge in [-0.25, -0.2) is 21.9 Å². The molecule has 1 aromatic carbocycles. The Hall–Kier alpha value is -2.42. The summed E-state index contributed by atoms with van der Waals surface area (Å²) >= 11 is 0. The summed E-state index contributed by atoms with van der Waals surface area (Å²) in [5, 5.41) is 0.